The van der Waals surface area contributed by atoms with Crippen molar-refractivity contribution in [3.05, 3.63) is 34.6 Å². The van der Waals surface area contributed by atoms with E-state index in [1.807, 2.05) is 0 Å². The van der Waals surface area contributed by atoms with E-state index < -0.39 is 17.5 Å². The van der Waals surface area contributed by atoms with Crippen LogP contribution in [0.15, 0.2) is 18.2 Å². The van der Waals surface area contributed by atoms with E-state index in [2.05, 4.69) is 5.32 Å². The minimum Gasteiger partial charge on any atom is -0.444 e. The topological polar surface area (TPSA) is 64.3 Å². The molecule has 0 saturated carbocycles. The average molecular weight is 303 g/mol. The Morgan fingerprint density at radius 1 is 1.45 bits per heavy atom. The molecule has 0 heterocycles. The molecule has 1 rings (SSSR count). The number of carbonyl (C=O) groups excluding carboxylic acids is 1. The van der Waals surface area contributed by atoms with E-state index in [1.54, 1.807) is 26.8 Å². The molecule has 1 aromatic carbocycles. The second kappa shape index (κ2) is 6.90. The van der Waals surface area contributed by atoms with Crippen LogP contribution in [0.25, 0.3) is 0 Å². The summed E-state index contributed by atoms with van der Waals surface area (Å²) in [4.78, 5) is 11.6. The SMILES string of the molecule is CC(C)(C)OC(=O)NCC(CN)c1cc(F)cc(Cl)c1. The monoisotopic (exact) mass is 302 g/mol. The third-order valence-corrected chi connectivity index (χ3v) is 2.75. The highest BCUT2D eigenvalue weighted by Gasteiger charge is 2.18. The Kier molecular flexibility index (Phi) is 5.77. The number of halogens is 2. The number of nitrogens with two attached hydrogens (primary N) is 1. The third-order valence-electron chi connectivity index (χ3n) is 2.53. The molecule has 0 aliphatic heterocycles. The summed E-state index contributed by atoms with van der Waals surface area (Å²) in [5.74, 6) is -0.654. The standard InChI is InChI=1S/C14H20ClFN2O2/c1-14(2,3)20-13(19)18-8-10(7-17)9-4-11(15)6-12(16)5-9/h4-6,10H,7-8,17H2,1-3H3,(H,18,19). The number of benzene rings is 1. The fraction of sp³-hybridized carbons (Fsp3) is 0.500. The Balaban J connectivity index is 2.66. The molecule has 20 heavy (non-hydrogen) atoms. The first-order valence-electron chi connectivity index (χ1n) is 6.34. The minimum atomic E-state index is -0.565. The van der Waals surface area contributed by atoms with Crippen LogP contribution in [0.2, 0.25) is 5.02 Å². The third kappa shape index (κ3) is 5.75. The van der Waals surface area contributed by atoms with Crippen molar-refractivity contribution in [3.8, 4) is 0 Å². The van der Waals surface area contributed by atoms with E-state index in [-0.39, 0.29) is 19.0 Å². The number of ether oxygens (including phenoxy) is 1. The molecule has 0 aliphatic carbocycles. The molecule has 0 aromatic heterocycles. The normalized spacial score (nSPS) is 12.9. The van der Waals surface area contributed by atoms with Crippen LogP contribution in [0.3, 0.4) is 0 Å². The van der Waals surface area contributed by atoms with E-state index in [9.17, 15) is 9.18 Å². The van der Waals surface area contributed by atoms with Gasteiger partial charge in [-0.3, -0.25) is 0 Å². The molecular weight excluding hydrogens is 283 g/mol. The fourth-order valence-corrected chi connectivity index (χ4v) is 1.90. The Labute approximate surface area is 123 Å². The molecule has 0 aliphatic rings. The smallest absolute Gasteiger partial charge is 0.407 e. The highest BCUT2D eigenvalue weighted by atomic mass is 35.5. The molecule has 1 amide bonds. The number of hydrogen-bond acceptors (Lipinski definition) is 3. The summed E-state index contributed by atoms with van der Waals surface area (Å²) in [6, 6.07) is 4.22. The molecule has 1 aromatic rings. The number of carbonyl (C=O) groups is 1. The van der Waals surface area contributed by atoms with Gasteiger partial charge in [0.25, 0.3) is 0 Å². The lowest BCUT2D eigenvalue weighted by Gasteiger charge is -2.21. The van der Waals surface area contributed by atoms with Gasteiger partial charge in [0, 0.05) is 24.0 Å². The highest BCUT2D eigenvalue weighted by Crippen LogP contribution is 2.20. The van der Waals surface area contributed by atoms with Gasteiger partial charge in [-0.1, -0.05) is 11.6 Å². The first-order chi connectivity index (χ1) is 9.21. The Morgan fingerprint density at radius 3 is 2.60 bits per heavy atom. The average Bonchev–Trinajstić information content (AvgIpc) is 2.25. The molecule has 4 nitrogen and oxygen atoms in total. The van der Waals surface area contributed by atoms with Gasteiger partial charge in [-0.2, -0.15) is 0 Å². The molecule has 0 fully saturated rings. The van der Waals surface area contributed by atoms with Crippen LogP contribution < -0.4 is 11.1 Å². The highest BCUT2D eigenvalue weighted by molar-refractivity contribution is 6.30. The largest absolute Gasteiger partial charge is 0.444 e. The van der Waals surface area contributed by atoms with Gasteiger partial charge < -0.3 is 15.8 Å². The van der Waals surface area contributed by atoms with Gasteiger partial charge in [0.15, 0.2) is 0 Å². The second-order valence-electron chi connectivity index (χ2n) is 5.52. The molecule has 0 radical (unpaired) electrons. The number of amides is 1. The van der Waals surface area contributed by atoms with Gasteiger partial charge in [0.05, 0.1) is 0 Å². The molecule has 1 unspecified atom stereocenters. The molecule has 3 N–H and O–H groups in total. The van der Waals surface area contributed by atoms with Crippen molar-refractivity contribution in [3.63, 3.8) is 0 Å². The van der Waals surface area contributed by atoms with Crippen LogP contribution in [0.5, 0.6) is 0 Å². The van der Waals surface area contributed by atoms with Crippen LogP contribution in [0.1, 0.15) is 32.3 Å². The van der Waals surface area contributed by atoms with E-state index in [1.165, 1.54) is 12.1 Å². The van der Waals surface area contributed by atoms with Gasteiger partial charge in [-0.15, -0.1) is 0 Å². The Morgan fingerprint density at radius 2 is 2.10 bits per heavy atom. The van der Waals surface area contributed by atoms with Crippen LogP contribution in [-0.4, -0.2) is 24.8 Å². The Bertz CT molecular complexity index is 454. The number of rotatable bonds is 4. The van der Waals surface area contributed by atoms with Crippen molar-refractivity contribution in [1.82, 2.24) is 5.32 Å². The molecule has 6 heteroatoms. The Hall–Kier alpha value is -1.33. The van der Waals surface area contributed by atoms with Crippen molar-refractivity contribution < 1.29 is 13.9 Å². The van der Waals surface area contributed by atoms with E-state index >= 15 is 0 Å². The second-order valence-corrected chi connectivity index (χ2v) is 5.95. The van der Waals surface area contributed by atoms with E-state index in [0.717, 1.165) is 0 Å². The fourth-order valence-electron chi connectivity index (χ4n) is 1.67. The predicted octanol–water partition coefficient (Wildman–Crippen LogP) is 3.05. The van der Waals surface area contributed by atoms with Crippen LogP contribution in [0.4, 0.5) is 9.18 Å². The van der Waals surface area contributed by atoms with Crippen LogP contribution in [-0.2, 0) is 4.74 Å². The predicted molar refractivity (Wildman–Crippen MR) is 77.4 cm³/mol. The lowest BCUT2D eigenvalue weighted by Crippen LogP contribution is -2.36. The van der Waals surface area contributed by atoms with E-state index in [0.29, 0.717) is 10.6 Å². The quantitative estimate of drug-likeness (QED) is 0.898. The molecule has 0 spiro atoms. The molecular formula is C14H20ClFN2O2. The minimum absolute atomic E-state index is 0.226. The lowest BCUT2D eigenvalue weighted by atomic mass is 9.99. The van der Waals surface area contributed by atoms with Crippen molar-refractivity contribution in [2.75, 3.05) is 13.1 Å². The van der Waals surface area contributed by atoms with Crippen molar-refractivity contribution in [1.29, 1.82) is 0 Å². The maximum atomic E-state index is 13.3. The lowest BCUT2D eigenvalue weighted by molar-refractivity contribution is 0.0525. The zero-order chi connectivity index (χ0) is 15.3. The summed E-state index contributed by atoms with van der Waals surface area (Å²) >= 11 is 5.81. The molecule has 0 bridgehead atoms. The summed E-state index contributed by atoms with van der Waals surface area (Å²) in [7, 11) is 0. The van der Waals surface area contributed by atoms with Gasteiger partial charge >= 0.3 is 6.09 Å². The summed E-state index contributed by atoms with van der Waals surface area (Å²) in [5.41, 5.74) is 5.74. The molecule has 0 saturated heterocycles. The number of nitrogens with one attached hydrogen (secondary N) is 1. The first kappa shape index (κ1) is 16.7. The van der Waals surface area contributed by atoms with Gasteiger partial charge in [-0.05, 0) is 44.5 Å². The summed E-state index contributed by atoms with van der Waals surface area (Å²) in [6.07, 6.45) is -0.529. The van der Waals surface area contributed by atoms with Gasteiger partial charge in [0.2, 0.25) is 0 Å². The van der Waals surface area contributed by atoms with Crippen molar-refractivity contribution in [2.24, 2.45) is 5.73 Å². The van der Waals surface area contributed by atoms with Crippen molar-refractivity contribution >= 4 is 17.7 Å². The van der Waals surface area contributed by atoms with Crippen molar-refractivity contribution in [2.45, 2.75) is 32.3 Å². The van der Waals surface area contributed by atoms with Gasteiger partial charge in [-0.25, -0.2) is 9.18 Å². The summed E-state index contributed by atoms with van der Waals surface area (Å²) < 4.78 is 18.4. The zero-order valence-electron chi connectivity index (χ0n) is 11.9. The summed E-state index contributed by atoms with van der Waals surface area (Å²) in [5, 5.41) is 2.92. The number of hydrogen-bond donors (Lipinski definition) is 2. The summed E-state index contributed by atoms with van der Waals surface area (Å²) in [6.45, 7) is 5.85. The van der Waals surface area contributed by atoms with E-state index in [4.69, 9.17) is 22.1 Å². The molecule has 1 atom stereocenters. The zero-order valence-corrected chi connectivity index (χ0v) is 12.6. The molecule has 112 valence electrons. The van der Waals surface area contributed by atoms with Crippen LogP contribution >= 0.6 is 11.6 Å². The number of alkyl carbamates (subject to hydrolysis) is 1. The maximum absolute atomic E-state index is 13.3. The van der Waals surface area contributed by atoms with Crippen LogP contribution in [0, 0.1) is 5.82 Å². The maximum Gasteiger partial charge on any atom is 0.407 e. The van der Waals surface area contributed by atoms with Gasteiger partial charge in [0.1, 0.15) is 11.4 Å². The first-order valence-corrected chi connectivity index (χ1v) is 6.72.